The first-order valence-electron chi connectivity index (χ1n) is 10.0. The molecule has 0 unspecified atom stereocenters. The second kappa shape index (κ2) is 8.06. The summed E-state index contributed by atoms with van der Waals surface area (Å²) in [6.07, 6.45) is 3.80. The summed E-state index contributed by atoms with van der Waals surface area (Å²) in [4.78, 5) is 14.7. The van der Waals surface area contributed by atoms with E-state index < -0.39 is 5.91 Å². The van der Waals surface area contributed by atoms with Gasteiger partial charge in [-0.25, -0.2) is 5.43 Å². The monoisotopic (exact) mass is 455 g/mol. The van der Waals surface area contributed by atoms with Gasteiger partial charge in [-0.3, -0.25) is 4.79 Å². The van der Waals surface area contributed by atoms with Crippen LogP contribution in [-0.2, 0) is 0 Å². The molecule has 160 valence electrons. The van der Waals surface area contributed by atoms with E-state index in [0.29, 0.717) is 15.6 Å². The lowest BCUT2D eigenvalue weighted by Gasteiger charge is -2.43. The molecule has 2 heterocycles. The van der Waals surface area contributed by atoms with Crippen molar-refractivity contribution < 1.29 is 9.21 Å². The maximum Gasteiger partial charge on any atom is 0.307 e. The van der Waals surface area contributed by atoms with Crippen LogP contribution in [-0.4, -0.2) is 24.2 Å². The van der Waals surface area contributed by atoms with Crippen LogP contribution in [0.3, 0.4) is 0 Å². The van der Waals surface area contributed by atoms with Crippen LogP contribution in [0, 0.1) is 0 Å². The molecule has 31 heavy (non-hydrogen) atoms. The number of carbonyl (C=O) groups excluding carboxylic acids is 1. The average molecular weight is 456 g/mol. The van der Waals surface area contributed by atoms with Gasteiger partial charge in [-0.2, -0.15) is 5.10 Å². The number of carbonyl (C=O) groups is 1. The van der Waals surface area contributed by atoms with Gasteiger partial charge in [0.15, 0.2) is 5.76 Å². The fourth-order valence-corrected chi connectivity index (χ4v) is 4.52. The number of fused-ring (bicyclic) bond motifs is 2. The Kier molecular flexibility index (Phi) is 5.58. The molecule has 0 radical (unpaired) electrons. The number of anilines is 1. The van der Waals surface area contributed by atoms with Gasteiger partial charge in [0.25, 0.3) is 0 Å². The molecule has 1 amide bonds. The summed E-state index contributed by atoms with van der Waals surface area (Å²) < 4.78 is 5.56. The first kappa shape index (κ1) is 21.5. The standard InChI is InChI=1S/C24H23Cl2N3O2/c1-5-29-20-11-19(26)16(9-18(20)14(2)12-24(29,3)4)13-27-28-23(30)22-10-15-8-17(25)6-7-21(15)31-22/h6-13H,5H2,1-4H3,(H,28,30)/b27-13-. The van der Waals surface area contributed by atoms with Crippen molar-refractivity contribution in [1.29, 1.82) is 0 Å². The average Bonchev–Trinajstić information content (AvgIpc) is 3.11. The van der Waals surface area contributed by atoms with Crippen molar-refractivity contribution in [3.05, 3.63) is 69.4 Å². The van der Waals surface area contributed by atoms with Crippen molar-refractivity contribution in [1.82, 2.24) is 5.43 Å². The summed E-state index contributed by atoms with van der Waals surface area (Å²) in [6.45, 7) is 9.47. The molecule has 0 spiro atoms. The number of hydrogen-bond donors (Lipinski definition) is 1. The van der Waals surface area contributed by atoms with E-state index in [0.717, 1.165) is 28.7 Å². The lowest BCUT2D eigenvalue weighted by atomic mass is 9.88. The predicted octanol–water partition coefficient (Wildman–Crippen LogP) is 6.53. The van der Waals surface area contributed by atoms with E-state index in [-0.39, 0.29) is 11.3 Å². The van der Waals surface area contributed by atoms with Gasteiger partial charge < -0.3 is 9.32 Å². The van der Waals surface area contributed by atoms with Crippen molar-refractivity contribution in [2.45, 2.75) is 33.2 Å². The Labute approximate surface area is 191 Å². The van der Waals surface area contributed by atoms with Crippen molar-refractivity contribution in [3.63, 3.8) is 0 Å². The summed E-state index contributed by atoms with van der Waals surface area (Å²) in [5, 5.41) is 5.98. The van der Waals surface area contributed by atoms with Crippen LogP contribution in [0.1, 0.15) is 49.4 Å². The zero-order valence-electron chi connectivity index (χ0n) is 17.8. The van der Waals surface area contributed by atoms with Crippen LogP contribution < -0.4 is 10.3 Å². The minimum absolute atomic E-state index is 0.0877. The molecule has 5 nitrogen and oxygen atoms in total. The number of benzene rings is 2. The third-order valence-corrected chi connectivity index (χ3v) is 6.05. The molecule has 4 rings (SSSR count). The Balaban J connectivity index is 1.56. The predicted molar refractivity (Wildman–Crippen MR) is 128 cm³/mol. The number of rotatable bonds is 4. The van der Waals surface area contributed by atoms with E-state index in [9.17, 15) is 4.79 Å². The molecule has 1 aliphatic rings. The zero-order valence-corrected chi connectivity index (χ0v) is 19.3. The van der Waals surface area contributed by atoms with Gasteiger partial charge in [-0.15, -0.1) is 0 Å². The largest absolute Gasteiger partial charge is 0.451 e. The number of hydrazone groups is 1. The molecule has 1 aromatic heterocycles. The molecule has 0 atom stereocenters. The highest BCUT2D eigenvalue weighted by Gasteiger charge is 2.30. The molecule has 0 fully saturated rings. The lowest BCUT2D eigenvalue weighted by molar-refractivity contribution is 0.0929. The maximum atomic E-state index is 12.4. The minimum atomic E-state index is -0.451. The Hall–Kier alpha value is -2.76. The van der Waals surface area contributed by atoms with Crippen LogP contribution in [0.4, 0.5) is 5.69 Å². The molecule has 3 aromatic rings. The SMILES string of the molecule is CCN1c2cc(Cl)c(/C=N\NC(=O)c3cc4cc(Cl)ccc4o3)cc2C(C)=CC1(C)C. The van der Waals surface area contributed by atoms with E-state index in [1.807, 2.05) is 12.1 Å². The zero-order chi connectivity index (χ0) is 22.3. The highest BCUT2D eigenvalue weighted by atomic mass is 35.5. The summed E-state index contributed by atoms with van der Waals surface area (Å²) in [5.74, 6) is -0.293. The number of allylic oxidation sites excluding steroid dienone is 1. The Bertz CT molecular complexity index is 1240. The van der Waals surface area contributed by atoms with Gasteiger partial charge in [0.2, 0.25) is 0 Å². The van der Waals surface area contributed by atoms with Crippen LogP contribution in [0.15, 0.2) is 52.0 Å². The van der Waals surface area contributed by atoms with Gasteiger partial charge in [0.1, 0.15) is 5.58 Å². The van der Waals surface area contributed by atoms with Crippen molar-refractivity contribution in [2.24, 2.45) is 5.10 Å². The lowest BCUT2D eigenvalue weighted by Crippen LogP contribution is -2.44. The molecule has 0 aliphatic carbocycles. The summed E-state index contributed by atoms with van der Waals surface area (Å²) in [5.41, 5.74) is 7.10. The van der Waals surface area contributed by atoms with E-state index in [1.54, 1.807) is 30.5 Å². The van der Waals surface area contributed by atoms with Crippen LogP contribution in [0.2, 0.25) is 10.0 Å². The van der Waals surface area contributed by atoms with E-state index in [1.165, 1.54) is 5.57 Å². The molecule has 0 saturated carbocycles. The van der Waals surface area contributed by atoms with Crippen LogP contribution >= 0.6 is 23.2 Å². The van der Waals surface area contributed by atoms with E-state index in [4.69, 9.17) is 27.6 Å². The number of halogens is 2. The van der Waals surface area contributed by atoms with E-state index >= 15 is 0 Å². The Morgan fingerprint density at radius 2 is 2.00 bits per heavy atom. The van der Waals surface area contributed by atoms with Crippen molar-refractivity contribution in [3.8, 4) is 0 Å². The summed E-state index contributed by atoms with van der Waals surface area (Å²) in [6, 6.07) is 10.8. The maximum absolute atomic E-state index is 12.4. The molecule has 1 N–H and O–H groups in total. The number of hydrogen-bond acceptors (Lipinski definition) is 4. The van der Waals surface area contributed by atoms with E-state index in [2.05, 4.69) is 49.2 Å². The number of nitrogens with one attached hydrogen (secondary N) is 1. The smallest absolute Gasteiger partial charge is 0.307 e. The van der Waals surface area contributed by atoms with Gasteiger partial charge in [-0.05, 0) is 69.7 Å². The first-order valence-corrected chi connectivity index (χ1v) is 10.8. The molecule has 2 aromatic carbocycles. The molecule has 0 saturated heterocycles. The highest BCUT2D eigenvalue weighted by Crippen LogP contribution is 2.40. The molecular formula is C24H23Cl2N3O2. The number of nitrogens with zero attached hydrogens (tertiary/aromatic N) is 2. The van der Waals surface area contributed by atoms with Crippen LogP contribution in [0.5, 0.6) is 0 Å². The van der Waals surface area contributed by atoms with Gasteiger partial charge in [0, 0.05) is 33.8 Å². The third-order valence-electron chi connectivity index (χ3n) is 5.48. The number of furan rings is 1. The fraction of sp³-hybridized carbons (Fsp3) is 0.250. The second-order valence-corrected chi connectivity index (χ2v) is 8.95. The molecular weight excluding hydrogens is 433 g/mol. The quantitative estimate of drug-likeness (QED) is 0.359. The van der Waals surface area contributed by atoms with Crippen LogP contribution in [0.25, 0.3) is 16.5 Å². The highest BCUT2D eigenvalue weighted by molar-refractivity contribution is 6.33. The number of amides is 1. The van der Waals surface area contributed by atoms with Crippen molar-refractivity contribution in [2.75, 3.05) is 11.4 Å². The molecule has 0 bridgehead atoms. The fourth-order valence-electron chi connectivity index (χ4n) is 4.13. The minimum Gasteiger partial charge on any atom is -0.451 e. The van der Waals surface area contributed by atoms with Crippen molar-refractivity contribution >= 4 is 57.6 Å². The number of likely N-dealkylation sites (N-methyl/N-ethyl adjacent to an activating group) is 1. The Morgan fingerprint density at radius 1 is 1.23 bits per heavy atom. The molecule has 7 heteroatoms. The van der Waals surface area contributed by atoms with Gasteiger partial charge >= 0.3 is 5.91 Å². The van der Waals surface area contributed by atoms with Gasteiger partial charge in [0.05, 0.1) is 16.8 Å². The Morgan fingerprint density at radius 3 is 2.74 bits per heavy atom. The second-order valence-electron chi connectivity index (χ2n) is 8.11. The normalized spacial score (nSPS) is 15.3. The first-order chi connectivity index (χ1) is 14.7. The van der Waals surface area contributed by atoms with Gasteiger partial charge in [-0.1, -0.05) is 29.3 Å². The summed E-state index contributed by atoms with van der Waals surface area (Å²) >= 11 is 12.5. The topological polar surface area (TPSA) is 57.8 Å². The molecule has 1 aliphatic heterocycles. The summed E-state index contributed by atoms with van der Waals surface area (Å²) in [7, 11) is 0. The third kappa shape index (κ3) is 4.08.